The predicted octanol–water partition coefficient (Wildman–Crippen LogP) is 1.76. The second-order valence-corrected chi connectivity index (χ2v) is 11.1. The number of aryl methyl sites for hydroxylation is 1. The average molecular weight is 534 g/mol. The minimum absolute atomic E-state index is 0.00878. The molecule has 2 atom stereocenters. The summed E-state index contributed by atoms with van der Waals surface area (Å²) < 4.78 is 21.5. The van der Waals surface area contributed by atoms with E-state index in [9.17, 15) is 14.3 Å². The normalized spacial score (nSPS) is 16.4. The summed E-state index contributed by atoms with van der Waals surface area (Å²) in [5.74, 6) is 0.281. The number of benzene rings is 1. The molecule has 1 aliphatic heterocycles. The van der Waals surface area contributed by atoms with Crippen LogP contribution in [0.1, 0.15) is 36.8 Å². The molecule has 4 aromatic rings. The van der Waals surface area contributed by atoms with Gasteiger partial charge in [0.1, 0.15) is 23.0 Å². The summed E-state index contributed by atoms with van der Waals surface area (Å²) in [6, 6.07) is 11.2. The Morgan fingerprint density at radius 3 is 2.79 bits per heavy atom. The van der Waals surface area contributed by atoms with E-state index in [1.807, 2.05) is 44.2 Å². The van der Waals surface area contributed by atoms with E-state index in [0.717, 1.165) is 24.3 Å². The molecule has 13 heteroatoms. The summed E-state index contributed by atoms with van der Waals surface area (Å²) in [5.41, 5.74) is 1.95. The van der Waals surface area contributed by atoms with Gasteiger partial charge in [0.2, 0.25) is 5.95 Å². The number of morpholine rings is 1. The van der Waals surface area contributed by atoms with Crippen molar-refractivity contribution in [2.75, 3.05) is 25.0 Å². The van der Waals surface area contributed by atoms with Crippen molar-refractivity contribution < 1.29 is 8.95 Å². The molecule has 196 valence electrons. The van der Waals surface area contributed by atoms with Gasteiger partial charge in [0.05, 0.1) is 30.1 Å². The van der Waals surface area contributed by atoms with Gasteiger partial charge in [-0.3, -0.25) is 13.6 Å². The molecule has 4 heterocycles. The van der Waals surface area contributed by atoms with Gasteiger partial charge >= 0.3 is 0 Å². The molecular weight excluding hydrogens is 506 g/mol. The molecule has 1 aliphatic rings. The molecule has 2 unspecified atom stereocenters. The zero-order valence-corrected chi connectivity index (χ0v) is 22.0. The molecule has 1 saturated heterocycles. The van der Waals surface area contributed by atoms with E-state index in [-0.39, 0.29) is 29.4 Å². The van der Waals surface area contributed by atoms with E-state index < -0.39 is 16.4 Å². The second-order valence-electron chi connectivity index (χ2n) is 9.16. The molecule has 0 radical (unpaired) electrons. The van der Waals surface area contributed by atoms with E-state index in [2.05, 4.69) is 30.9 Å². The summed E-state index contributed by atoms with van der Waals surface area (Å²) >= 11 is 0. The second kappa shape index (κ2) is 10.8. The average Bonchev–Trinajstić information content (AvgIpc) is 3.30. The highest BCUT2D eigenvalue weighted by molar-refractivity contribution is 7.85. The van der Waals surface area contributed by atoms with Crippen LogP contribution in [0.25, 0.3) is 11.0 Å². The Labute approximate surface area is 221 Å². The Morgan fingerprint density at radius 1 is 1.32 bits per heavy atom. The molecule has 0 aliphatic carbocycles. The Bertz CT molecular complexity index is 1600. The van der Waals surface area contributed by atoms with Gasteiger partial charge in [-0.2, -0.15) is 10.2 Å². The van der Waals surface area contributed by atoms with Crippen molar-refractivity contribution in [1.82, 2.24) is 34.8 Å². The minimum Gasteiger partial charge on any atom is -0.371 e. The van der Waals surface area contributed by atoms with Crippen molar-refractivity contribution in [3.8, 4) is 6.07 Å². The van der Waals surface area contributed by atoms with Crippen LogP contribution < -0.4 is 16.2 Å². The lowest BCUT2D eigenvalue weighted by Crippen LogP contribution is -2.33. The summed E-state index contributed by atoms with van der Waals surface area (Å²) in [6.45, 7) is 5.91. The van der Waals surface area contributed by atoms with Gasteiger partial charge < -0.3 is 15.4 Å². The third-order valence-electron chi connectivity index (χ3n) is 6.18. The van der Waals surface area contributed by atoms with Gasteiger partial charge in [0.25, 0.3) is 5.56 Å². The Hall–Kier alpha value is -3.99. The number of aromatic nitrogens is 6. The summed E-state index contributed by atoms with van der Waals surface area (Å²) in [6.07, 6.45) is 1.57. The number of nitrogens with zero attached hydrogens (tertiary/aromatic N) is 7. The molecule has 1 fully saturated rings. The minimum atomic E-state index is -1.38. The van der Waals surface area contributed by atoms with Gasteiger partial charge in [-0.05, 0) is 23.8 Å². The molecule has 1 aromatic carbocycles. The topological polar surface area (TPSA) is 153 Å². The first kappa shape index (κ1) is 25.7. The zero-order valence-electron chi connectivity index (χ0n) is 21.2. The van der Waals surface area contributed by atoms with Gasteiger partial charge in [0, 0.05) is 42.7 Å². The van der Waals surface area contributed by atoms with Gasteiger partial charge in [0.15, 0.2) is 5.03 Å². The molecule has 38 heavy (non-hydrogen) atoms. The van der Waals surface area contributed by atoms with Crippen LogP contribution in [0.15, 0.2) is 46.3 Å². The lowest BCUT2D eigenvalue weighted by molar-refractivity contribution is 0.0277. The first-order chi connectivity index (χ1) is 18.4. The third kappa shape index (κ3) is 5.06. The Morgan fingerprint density at radius 2 is 2.11 bits per heavy atom. The molecular formula is C25H27N9O3S. The van der Waals surface area contributed by atoms with E-state index in [1.54, 1.807) is 13.2 Å². The molecule has 5 rings (SSSR count). The number of anilines is 2. The molecule has 12 nitrogen and oxygen atoms in total. The van der Waals surface area contributed by atoms with Gasteiger partial charge in [-0.15, -0.1) is 5.10 Å². The third-order valence-corrected chi connectivity index (χ3v) is 7.92. The lowest BCUT2D eigenvalue weighted by Gasteiger charge is -2.24. The predicted molar refractivity (Wildman–Crippen MR) is 141 cm³/mol. The monoisotopic (exact) mass is 533 g/mol. The first-order valence-corrected chi connectivity index (χ1v) is 13.4. The van der Waals surface area contributed by atoms with Crippen LogP contribution in [0.2, 0.25) is 0 Å². The number of hydrogen-bond acceptors (Lipinski definition) is 10. The smallest absolute Gasteiger partial charge is 0.270 e. The molecule has 0 bridgehead atoms. The maximum absolute atomic E-state index is 13.2. The Kier molecular flexibility index (Phi) is 7.28. The van der Waals surface area contributed by atoms with E-state index >= 15 is 0 Å². The van der Waals surface area contributed by atoms with Gasteiger partial charge in [-0.25, -0.2) is 9.67 Å². The highest BCUT2D eigenvalue weighted by Gasteiger charge is 2.22. The van der Waals surface area contributed by atoms with Crippen LogP contribution in [-0.4, -0.2) is 58.7 Å². The van der Waals surface area contributed by atoms with Crippen LogP contribution in [-0.2, 0) is 29.1 Å². The maximum atomic E-state index is 13.2. The van der Waals surface area contributed by atoms with Crippen molar-refractivity contribution in [3.05, 3.63) is 63.7 Å². The first-order valence-electron chi connectivity index (χ1n) is 12.1. The number of hydrogen-bond donors (Lipinski definition) is 2. The van der Waals surface area contributed by atoms with E-state index in [0.29, 0.717) is 28.4 Å². The highest BCUT2D eigenvalue weighted by Crippen LogP contribution is 2.23. The summed E-state index contributed by atoms with van der Waals surface area (Å²) in [5, 5.41) is 25.0. The lowest BCUT2D eigenvalue weighted by atomic mass is 10.1. The molecule has 2 N–H and O–H groups in total. The standard InChI is InChI=1S/C25H27N9O3S/c1-15(2)38(36)24-20(31-32-33(24)3)14-34-22-18(10-17(11-26)23(34)35)12-28-25(30-22)29-19-6-4-16(5-7-19)21-13-27-8-9-37-21/h4-7,10,12,15,21,27H,8-9,13-14H2,1-3H3,(H,28,29,30). The Balaban J connectivity index is 1.50. The van der Waals surface area contributed by atoms with Gasteiger partial charge in [-0.1, -0.05) is 31.2 Å². The number of rotatable bonds is 7. The molecule has 3 aromatic heterocycles. The number of pyridine rings is 1. The van der Waals surface area contributed by atoms with Crippen molar-refractivity contribution in [2.45, 2.75) is 36.8 Å². The number of ether oxygens (including phenoxy) is 1. The molecule has 0 amide bonds. The van der Waals surface area contributed by atoms with Crippen LogP contribution >= 0.6 is 0 Å². The summed E-state index contributed by atoms with van der Waals surface area (Å²) in [7, 11) is 0.274. The van der Waals surface area contributed by atoms with Crippen LogP contribution in [0, 0.1) is 11.3 Å². The molecule has 0 spiro atoms. The van der Waals surface area contributed by atoms with Crippen molar-refractivity contribution >= 4 is 33.5 Å². The van der Waals surface area contributed by atoms with Crippen molar-refractivity contribution in [3.63, 3.8) is 0 Å². The SMILES string of the molecule is CC(C)S(=O)c1c(Cn2c(=O)c(C#N)cc3cnc(Nc4ccc(C5CNCCO5)cc4)nc32)nnn1C. The van der Waals surface area contributed by atoms with E-state index in [4.69, 9.17) is 4.74 Å². The quantitative estimate of drug-likeness (QED) is 0.359. The van der Waals surface area contributed by atoms with Crippen molar-refractivity contribution in [2.24, 2.45) is 7.05 Å². The van der Waals surface area contributed by atoms with E-state index in [1.165, 1.54) is 15.3 Å². The van der Waals surface area contributed by atoms with Crippen LogP contribution in [0.4, 0.5) is 11.6 Å². The largest absolute Gasteiger partial charge is 0.371 e. The fraction of sp³-hybridized carbons (Fsp3) is 0.360. The summed E-state index contributed by atoms with van der Waals surface area (Å²) in [4.78, 5) is 22.2. The van der Waals surface area contributed by atoms with Crippen molar-refractivity contribution in [1.29, 1.82) is 5.26 Å². The van der Waals surface area contributed by atoms with Crippen LogP contribution in [0.5, 0.6) is 0 Å². The maximum Gasteiger partial charge on any atom is 0.270 e. The van der Waals surface area contributed by atoms with Crippen LogP contribution in [0.3, 0.4) is 0 Å². The zero-order chi connectivity index (χ0) is 26.8. The fourth-order valence-corrected chi connectivity index (χ4v) is 5.33. The molecule has 0 saturated carbocycles. The number of nitriles is 1. The number of fused-ring (bicyclic) bond motifs is 1. The fourth-order valence-electron chi connectivity index (χ4n) is 4.25. The number of nitrogens with one attached hydrogen (secondary N) is 2. The highest BCUT2D eigenvalue weighted by atomic mass is 32.2.